The molecule has 0 saturated heterocycles. The first kappa shape index (κ1) is 13.6. The Morgan fingerprint density at radius 1 is 1.16 bits per heavy atom. The normalized spacial score (nSPS) is 12.6. The van der Waals surface area contributed by atoms with Gasteiger partial charge in [-0.3, -0.25) is 4.79 Å². The van der Waals surface area contributed by atoms with Crippen LogP contribution in [0.3, 0.4) is 0 Å². The van der Waals surface area contributed by atoms with E-state index < -0.39 is 0 Å². The summed E-state index contributed by atoms with van der Waals surface area (Å²) in [4.78, 5) is 12.3. The van der Waals surface area contributed by atoms with Gasteiger partial charge in [-0.1, -0.05) is 50.2 Å². The van der Waals surface area contributed by atoms with E-state index in [1.165, 1.54) is 0 Å². The second-order valence-electron chi connectivity index (χ2n) is 5.03. The van der Waals surface area contributed by atoms with E-state index in [1.807, 2.05) is 56.3 Å². The third kappa shape index (κ3) is 2.93. The topological polar surface area (TPSA) is 49.3 Å². The largest absolute Gasteiger partial charge is 0.394 e. The highest BCUT2D eigenvalue weighted by Gasteiger charge is 2.17. The summed E-state index contributed by atoms with van der Waals surface area (Å²) in [7, 11) is 0. The molecular formula is C16H19NO2. The minimum absolute atomic E-state index is 0.0474. The first-order valence-corrected chi connectivity index (χ1v) is 6.53. The lowest BCUT2D eigenvalue weighted by Gasteiger charge is -2.20. The van der Waals surface area contributed by atoms with Gasteiger partial charge >= 0.3 is 0 Å². The van der Waals surface area contributed by atoms with Crippen LogP contribution < -0.4 is 5.32 Å². The fourth-order valence-corrected chi connectivity index (χ4v) is 2.09. The van der Waals surface area contributed by atoms with Gasteiger partial charge in [-0.2, -0.15) is 0 Å². The van der Waals surface area contributed by atoms with Gasteiger partial charge in [0.25, 0.3) is 5.91 Å². The van der Waals surface area contributed by atoms with E-state index >= 15 is 0 Å². The quantitative estimate of drug-likeness (QED) is 0.884. The van der Waals surface area contributed by atoms with Crippen molar-refractivity contribution in [3.05, 3.63) is 48.0 Å². The maximum Gasteiger partial charge on any atom is 0.252 e. The van der Waals surface area contributed by atoms with Crippen LogP contribution in [0.1, 0.15) is 24.2 Å². The number of fused-ring (bicyclic) bond motifs is 1. The molecule has 0 aliphatic carbocycles. The molecule has 2 N–H and O–H groups in total. The Bertz CT molecular complexity index is 572. The van der Waals surface area contributed by atoms with Gasteiger partial charge in [-0.15, -0.1) is 0 Å². The van der Waals surface area contributed by atoms with Gasteiger partial charge in [-0.25, -0.2) is 0 Å². The van der Waals surface area contributed by atoms with Crippen molar-refractivity contribution in [2.24, 2.45) is 5.92 Å². The van der Waals surface area contributed by atoms with Crippen molar-refractivity contribution < 1.29 is 9.90 Å². The van der Waals surface area contributed by atoms with Crippen LogP contribution in [-0.4, -0.2) is 23.7 Å². The van der Waals surface area contributed by atoms with Crippen LogP contribution in [0.25, 0.3) is 10.8 Å². The number of benzene rings is 2. The molecule has 1 atom stereocenters. The number of nitrogens with one attached hydrogen (secondary N) is 1. The molecule has 0 aromatic heterocycles. The number of hydrogen-bond acceptors (Lipinski definition) is 2. The maximum atomic E-state index is 12.3. The average molecular weight is 257 g/mol. The summed E-state index contributed by atoms with van der Waals surface area (Å²) in [5, 5.41) is 14.2. The van der Waals surface area contributed by atoms with Gasteiger partial charge in [0, 0.05) is 5.56 Å². The maximum absolute atomic E-state index is 12.3. The van der Waals surface area contributed by atoms with E-state index in [0.717, 1.165) is 10.8 Å². The SMILES string of the molecule is CC(C)C(CO)NC(=O)c1cccc2ccccc12. The monoisotopic (exact) mass is 257 g/mol. The lowest BCUT2D eigenvalue weighted by atomic mass is 10.0. The number of amides is 1. The Morgan fingerprint density at radius 3 is 2.53 bits per heavy atom. The van der Waals surface area contributed by atoms with Crippen LogP contribution in [0.5, 0.6) is 0 Å². The van der Waals surface area contributed by atoms with Crippen LogP contribution in [0.4, 0.5) is 0 Å². The Labute approximate surface area is 113 Å². The van der Waals surface area contributed by atoms with Crippen molar-refractivity contribution in [2.45, 2.75) is 19.9 Å². The molecule has 0 heterocycles. The van der Waals surface area contributed by atoms with Crippen molar-refractivity contribution in [1.29, 1.82) is 0 Å². The van der Waals surface area contributed by atoms with E-state index in [1.54, 1.807) is 0 Å². The summed E-state index contributed by atoms with van der Waals surface area (Å²) in [5.41, 5.74) is 0.650. The molecule has 1 unspecified atom stereocenters. The first-order chi connectivity index (χ1) is 9.13. The highest BCUT2D eigenvalue weighted by Crippen LogP contribution is 2.18. The average Bonchev–Trinajstić information content (AvgIpc) is 2.43. The van der Waals surface area contributed by atoms with Crippen molar-refractivity contribution in [3.8, 4) is 0 Å². The molecule has 0 aliphatic rings. The third-order valence-corrected chi connectivity index (χ3v) is 3.35. The van der Waals surface area contributed by atoms with Gasteiger partial charge in [0.05, 0.1) is 12.6 Å². The smallest absolute Gasteiger partial charge is 0.252 e. The van der Waals surface area contributed by atoms with Crippen molar-refractivity contribution >= 4 is 16.7 Å². The van der Waals surface area contributed by atoms with E-state index in [0.29, 0.717) is 5.56 Å². The Hall–Kier alpha value is -1.87. The molecule has 0 saturated carbocycles. The Kier molecular flexibility index (Phi) is 4.17. The third-order valence-electron chi connectivity index (χ3n) is 3.35. The number of carbonyl (C=O) groups excluding carboxylic acids is 1. The Balaban J connectivity index is 2.31. The first-order valence-electron chi connectivity index (χ1n) is 6.53. The molecular weight excluding hydrogens is 238 g/mol. The van der Waals surface area contributed by atoms with Crippen LogP contribution in [0.2, 0.25) is 0 Å². The Morgan fingerprint density at radius 2 is 1.84 bits per heavy atom. The van der Waals surface area contributed by atoms with E-state index in [2.05, 4.69) is 5.32 Å². The van der Waals surface area contributed by atoms with Gasteiger partial charge < -0.3 is 10.4 Å². The molecule has 1 amide bonds. The van der Waals surface area contributed by atoms with E-state index in [9.17, 15) is 9.90 Å². The van der Waals surface area contributed by atoms with Gasteiger partial charge in [0.2, 0.25) is 0 Å². The molecule has 2 aromatic carbocycles. The molecule has 2 aromatic rings. The molecule has 2 rings (SSSR count). The fraction of sp³-hybridized carbons (Fsp3) is 0.312. The zero-order chi connectivity index (χ0) is 13.8. The van der Waals surface area contributed by atoms with Crippen molar-refractivity contribution in [2.75, 3.05) is 6.61 Å². The number of rotatable bonds is 4. The molecule has 0 fully saturated rings. The molecule has 19 heavy (non-hydrogen) atoms. The summed E-state index contributed by atoms with van der Waals surface area (Å²) in [6.07, 6.45) is 0. The molecule has 3 nitrogen and oxygen atoms in total. The number of aliphatic hydroxyl groups is 1. The highest BCUT2D eigenvalue weighted by atomic mass is 16.3. The molecule has 0 aliphatic heterocycles. The molecule has 0 bridgehead atoms. The van der Waals surface area contributed by atoms with E-state index in [-0.39, 0.29) is 24.5 Å². The number of aliphatic hydroxyl groups excluding tert-OH is 1. The minimum Gasteiger partial charge on any atom is -0.394 e. The van der Waals surface area contributed by atoms with Crippen molar-refractivity contribution in [1.82, 2.24) is 5.32 Å². The summed E-state index contributed by atoms with van der Waals surface area (Å²) in [6, 6.07) is 13.3. The predicted molar refractivity (Wildman–Crippen MR) is 77.1 cm³/mol. The van der Waals surface area contributed by atoms with E-state index in [4.69, 9.17) is 0 Å². The minimum atomic E-state index is -0.216. The number of hydrogen-bond donors (Lipinski definition) is 2. The lowest BCUT2D eigenvalue weighted by Crippen LogP contribution is -2.41. The standard InChI is InChI=1S/C16H19NO2/c1-11(2)15(10-18)17-16(19)14-9-5-7-12-6-3-4-8-13(12)14/h3-9,11,15,18H,10H2,1-2H3,(H,17,19). The zero-order valence-electron chi connectivity index (χ0n) is 11.3. The highest BCUT2D eigenvalue weighted by molar-refractivity contribution is 6.07. The molecule has 0 radical (unpaired) electrons. The molecule has 100 valence electrons. The van der Waals surface area contributed by atoms with Crippen LogP contribution >= 0.6 is 0 Å². The second-order valence-corrected chi connectivity index (χ2v) is 5.03. The zero-order valence-corrected chi connectivity index (χ0v) is 11.3. The summed E-state index contributed by atoms with van der Waals surface area (Å²) in [5.74, 6) is 0.0634. The van der Waals surface area contributed by atoms with Crippen LogP contribution in [0.15, 0.2) is 42.5 Å². The summed E-state index contributed by atoms with van der Waals surface area (Å²) in [6.45, 7) is 3.91. The molecule has 3 heteroatoms. The molecule has 0 spiro atoms. The fourth-order valence-electron chi connectivity index (χ4n) is 2.09. The van der Waals surface area contributed by atoms with Gasteiger partial charge in [-0.05, 0) is 22.8 Å². The van der Waals surface area contributed by atoms with Gasteiger partial charge in [0.1, 0.15) is 0 Å². The lowest BCUT2D eigenvalue weighted by molar-refractivity contribution is 0.0898. The van der Waals surface area contributed by atoms with Crippen molar-refractivity contribution in [3.63, 3.8) is 0 Å². The summed E-state index contributed by atoms with van der Waals surface area (Å²) < 4.78 is 0. The van der Waals surface area contributed by atoms with Crippen LogP contribution in [0, 0.1) is 5.92 Å². The van der Waals surface area contributed by atoms with Crippen LogP contribution in [-0.2, 0) is 0 Å². The summed E-state index contributed by atoms with van der Waals surface area (Å²) >= 11 is 0. The van der Waals surface area contributed by atoms with Gasteiger partial charge in [0.15, 0.2) is 0 Å². The predicted octanol–water partition coefficient (Wildman–Crippen LogP) is 2.59. The second kappa shape index (κ2) is 5.85. The number of carbonyl (C=O) groups is 1.